The molecule has 0 radical (unpaired) electrons. The molecular formula is C14H21F3N2O3. The van der Waals surface area contributed by atoms with E-state index in [1.807, 2.05) is 6.92 Å². The number of nitrogens with one attached hydrogen (secondary N) is 1. The van der Waals surface area contributed by atoms with Crippen molar-refractivity contribution in [3.63, 3.8) is 0 Å². The van der Waals surface area contributed by atoms with E-state index in [0.29, 0.717) is 12.1 Å². The van der Waals surface area contributed by atoms with Crippen LogP contribution in [0, 0.1) is 0 Å². The van der Waals surface area contributed by atoms with Crippen molar-refractivity contribution >= 4 is 11.8 Å². The Balaban J connectivity index is 0.000000763. The second-order valence-corrected chi connectivity index (χ2v) is 4.36. The molecule has 1 aromatic carbocycles. The van der Waals surface area contributed by atoms with E-state index >= 15 is 0 Å². The van der Waals surface area contributed by atoms with Gasteiger partial charge in [-0.15, -0.1) is 0 Å². The molecule has 1 rings (SSSR count). The number of benzene rings is 1. The highest BCUT2D eigenvalue weighted by Gasteiger charge is 2.29. The molecule has 4 N–H and O–H groups in total. The Bertz CT molecular complexity index is 436. The van der Waals surface area contributed by atoms with Crippen LogP contribution < -0.4 is 11.1 Å². The molecule has 1 amide bonds. The van der Waals surface area contributed by atoms with Crippen LogP contribution in [0.4, 0.5) is 23.7 Å². The Morgan fingerprint density at radius 1 is 1.36 bits per heavy atom. The molecule has 1 aromatic rings. The quantitative estimate of drug-likeness (QED) is 0.778. The highest BCUT2D eigenvalue weighted by atomic mass is 19.4. The first-order chi connectivity index (χ1) is 10.2. The number of amides is 1. The van der Waals surface area contributed by atoms with Crippen molar-refractivity contribution < 1.29 is 27.8 Å². The van der Waals surface area contributed by atoms with Gasteiger partial charge in [0, 0.05) is 18.3 Å². The largest absolute Gasteiger partial charge is 0.453 e. The summed E-state index contributed by atoms with van der Waals surface area (Å²) in [5.41, 5.74) is 4.41. The summed E-state index contributed by atoms with van der Waals surface area (Å²) in [5, 5.41) is 11.9. The van der Waals surface area contributed by atoms with Crippen LogP contribution in [0.2, 0.25) is 0 Å². The average Bonchev–Trinajstić information content (AvgIpc) is 2.47. The number of carbonyl (C=O) groups is 1. The number of hydrogen-bond acceptors (Lipinski definition) is 4. The topological polar surface area (TPSA) is 84.6 Å². The third-order valence-corrected chi connectivity index (χ3v) is 2.75. The molecule has 0 fully saturated rings. The molecule has 126 valence electrons. The summed E-state index contributed by atoms with van der Waals surface area (Å²) in [7, 11) is 1.22. The first-order valence-electron chi connectivity index (χ1n) is 6.62. The Kier molecular flexibility index (Phi) is 9.00. The number of carbonyl (C=O) groups excluding carboxylic acids is 1. The highest BCUT2D eigenvalue weighted by molar-refractivity contribution is 5.64. The summed E-state index contributed by atoms with van der Waals surface area (Å²) >= 11 is 0. The number of aliphatic hydroxyl groups excluding tert-OH is 1. The summed E-state index contributed by atoms with van der Waals surface area (Å²) in [4.78, 5) is 9.37. The summed E-state index contributed by atoms with van der Waals surface area (Å²) in [6.45, 7) is 2.02. The third kappa shape index (κ3) is 8.35. The van der Waals surface area contributed by atoms with E-state index in [0.717, 1.165) is 18.6 Å². The van der Waals surface area contributed by atoms with Crippen molar-refractivity contribution in [1.29, 1.82) is 0 Å². The van der Waals surface area contributed by atoms with Gasteiger partial charge in [-0.05, 0) is 37.1 Å². The van der Waals surface area contributed by atoms with Gasteiger partial charge in [-0.25, -0.2) is 4.79 Å². The number of hydrogen-bond donors (Lipinski definition) is 3. The molecule has 0 aliphatic rings. The van der Waals surface area contributed by atoms with Gasteiger partial charge in [0.1, 0.15) is 0 Å². The van der Waals surface area contributed by atoms with Crippen LogP contribution >= 0.6 is 0 Å². The molecule has 0 saturated heterocycles. The molecule has 0 aliphatic carbocycles. The number of alkyl halides is 3. The Hall–Kier alpha value is -1.96. The van der Waals surface area contributed by atoms with Crippen LogP contribution in [0.5, 0.6) is 0 Å². The third-order valence-electron chi connectivity index (χ3n) is 2.75. The first-order valence-corrected chi connectivity index (χ1v) is 6.62. The van der Waals surface area contributed by atoms with Crippen molar-refractivity contribution in [3.8, 4) is 0 Å². The lowest BCUT2D eigenvalue weighted by Crippen LogP contribution is -2.19. The van der Waals surface area contributed by atoms with Crippen LogP contribution in [0.25, 0.3) is 0 Å². The van der Waals surface area contributed by atoms with E-state index in [1.165, 1.54) is 19.2 Å². The summed E-state index contributed by atoms with van der Waals surface area (Å²) in [5.74, 6) is 0. The number of halogens is 3. The molecule has 22 heavy (non-hydrogen) atoms. The van der Waals surface area contributed by atoms with Crippen molar-refractivity contribution in [2.75, 3.05) is 19.0 Å². The van der Waals surface area contributed by atoms with Crippen molar-refractivity contribution in [3.05, 3.63) is 29.8 Å². The average molecular weight is 322 g/mol. The number of aliphatic hydroxyl groups is 1. The zero-order valence-corrected chi connectivity index (χ0v) is 12.5. The lowest BCUT2D eigenvalue weighted by atomic mass is 10.1. The Morgan fingerprint density at radius 2 is 1.86 bits per heavy atom. The Morgan fingerprint density at radius 3 is 2.18 bits per heavy atom. The van der Waals surface area contributed by atoms with E-state index in [-0.39, 0.29) is 12.6 Å². The zero-order valence-electron chi connectivity index (χ0n) is 12.5. The Labute approximate surface area is 127 Å². The minimum atomic E-state index is -4.30. The van der Waals surface area contributed by atoms with Crippen LogP contribution in [-0.4, -0.2) is 31.0 Å². The van der Waals surface area contributed by atoms with Gasteiger partial charge in [-0.3, -0.25) is 0 Å². The normalized spacial score (nSPS) is 11.9. The van der Waals surface area contributed by atoms with Crippen LogP contribution in [0.1, 0.15) is 25.3 Å². The van der Waals surface area contributed by atoms with E-state index in [9.17, 15) is 18.0 Å². The molecule has 0 saturated carbocycles. The van der Waals surface area contributed by atoms with Gasteiger partial charge < -0.3 is 20.9 Å². The predicted molar refractivity (Wildman–Crippen MR) is 77.4 cm³/mol. The maximum Gasteiger partial charge on any atom is 0.416 e. The van der Waals surface area contributed by atoms with Gasteiger partial charge in [0.2, 0.25) is 0 Å². The summed E-state index contributed by atoms with van der Waals surface area (Å²) in [6.07, 6.45) is -3.66. The lowest BCUT2D eigenvalue weighted by molar-refractivity contribution is -0.137. The number of ether oxygens (including phenoxy) is 1. The van der Waals surface area contributed by atoms with E-state index < -0.39 is 17.8 Å². The molecule has 0 bridgehead atoms. The smallest absolute Gasteiger partial charge is 0.416 e. The number of anilines is 1. The van der Waals surface area contributed by atoms with Gasteiger partial charge in [-0.2, -0.15) is 13.2 Å². The minimum Gasteiger partial charge on any atom is -0.453 e. The fourth-order valence-electron chi connectivity index (χ4n) is 1.53. The summed E-state index contributed by atoms with van der Waals surface area (Å²) in [6, 6.07) is 4.99. The number of methoxy groups -OCH3 is 1. The zero-order chi connectivity index (χ0) is 17.2. The van der Waals surface area contributed by atoms with Crippen molar-refractivity contribution in [2.24, 2.45) is 5.73 Å². The molecule has 0 aromatic heterocycles. The number of primary amides is 1. The second kappa shape index (κ2) is 9.88. The van der Waals surface area contributed by atoms with E-state index in [1.54, 1.807) is 0 Å². The fourth-order valence-corrected chi connectivity index (χ4v) is 1.53. The highest BCUT2D eigenvalue weighted by Crippen LogP contribution is 2.29. The second-order valence-electron chi connectivity index (χ2n) is 4.36. The predicted octanol–water partition coefficient (Wildman–Crippen LogP) is 2.99. The van der Waals surface area contributed by atoms with Gasteiger partial charge in [-0.1, -0.05) is 6.92 Å². The molecular weight excluding hydrogens is 301 g/mol. The van der Waals surface area contributed by atoms with Gasteiger partial charge in [0.05, 0.1) is 12.7 Å². The summed E-state index contributed by atoms with van der Waals surface area (Å²) < 4.78 is 40.8. The maximum atomic E-state index is 12.3. The van der Waals surface area contributed by atoms with Crippen molar-refractivity contribution in [1.82, 2.24) is 0 Å². The maximum absolute atomic E-state index is 12.3. The van der Waals surface area contributed by atoms with Crippen LogP contribution in [0.3, 0.4) is 0 Å². The molecule has 0 spiro atoms. The number of nitrogens with two attached hydrogens (primary N) is 1. The number of rotatable bonds is 5. The van der Waals surface area contributed by atoms with Crippen molar-refractivity contribution in [2.45, 2.75) is 32.0 Å². The van der Waals surface area contributed by atoms with Gasteiger partial charge >= 0.3 is 12.3 Å². The minimum absolute atomic E-state index is 0.0616. The monoisotopic (exact) mass is 322 g/mol. The SMILES string of the molecule is CC[C@H](CCO)Nc1ccc(C(F)(F)F)cc1.COC(N)=O. The van der Waals surface area contributed by atoms with E-state index in [2.05, 4.69) is 15.8 Å². The van der Waals surface area contributed by atoms with Crippen LogP contribution in [0.15, 0.2) is 24.3 Å². The van der Waals surface area contributed by atoms with Crippen LogP contribution in [-0.2, 0) is 10.9 Å². The van der Waals surface area contributed by atoms with Gasteiger partial charge in [0.15, 0.2) is 0 Å². The van der Waals surface area contributed by atoms with Gasteiger partial charge in [0.25, 0.3) is 0 Å². The molecule has 0 aliphatic heterocycles. The molecule has 0 heterocycles. The standard InChI is InChI=1S/C12H16F3NO.C2H5NO2/c1-2-10(7-8-17)16-11-5-3-9(4-6-11)12(13,14)15;1-5-2(3)4/h3-6,10,16-17H,2,7-8H2,1H3;1H3,(H2,3,4)/t10-;/m1./s1. The molecule has 0 unspecified atom stereocenters. The molecule has 1 atom stereocenters. The lowest BCUT2D eigenvalue weighted by Gasteiger charge is -2.17. The molecule has 8 heteroatoms. The van der Waals surface area contributed by atoms with E-state index in [4.69, 9.17) is 5.11 Å². The molecule has 5 nitrogen and oxygen atoms in total. The first kappa shape index (κ1) is 20.0. The fraction of sp³-hybridized carbons (Fsp3) is 0.500.